The number of aliphatic hydroxyl groups is 2. The van der Waals surface area contributed by atoms with Crippen molar-refractivity contribution in [3.63, 3.8) is 0 Å². The van der Waals surface area contributed by atoms with Crippen LogP contribution in [0, 0.1) is 0 Å². The van der Waals surface area contributed by atoms with Crippen molar-refractivity contribution in [2.45, 2.75) is 49.9 Å². The van der Waals surface area contributed by atoms with Crippen LogP contribution in [0.2, 0.25) is 0 Å². The van der Waals surface area contributed by atoms with Crippen LogP contribution in [0.15, 0.2) is 24.3 Å². The Kier molecular flexibility index (Phi) is 5.90. The molecular weight excluding hydrogens is 366 g/mol. The lowest BCUT2D eigenvalue weighted by Gasteiger charge is -2.39. The summed E-state index contributed by atoms with van der Waals surface area (Å²) in [6.07, 6.45) is 2.62. The van der Waals surface area contributed by atoms with Crippen molar-refractivity contribution in [1.82, 2.24) is 4.90 Å². The Balaban J connectivity index is 1.62. The molecule has 3 atom stereocenters. The average Bonchev–Trinajstić information content (AvgIpc) is 3.16. The Labute approximate surface area is 162 Å². The van der Waals surface area contributed by atoms with E-state index in [-0.39, 0.29) is 30.8 Å². The fraction of sp³-hybridized carbons (Fsp3) is 0.500. The van der Waals surface area contributed by atoms with E-state index in [1.807, 2.05) is 0 Å². The standard InChI is InChI=1S/C20H25NO7/c22-14-10-15(12-20(27,11-14)19(26)21-7-1-2-8-21)28-18(25)6-4-13-3-5-16(23)17(24)9-13/h3-6,9,14-15,22-24,27H,1-2,7-8,10-12H2/b6-4+/t14-,15-,20-/m0/s1. The first kappa shape index (κ1) is 20.2. The van der Waals surface area contributed by atoms with Crippen LogP contribution < -0.4 is 0 Å². The molecule has 0 spiro atoms. The van der Waals surface area contributed by atoms with E-state index in [0.29, 0.717) is 18.7 Å². The van der Waals surface area contributed by atoms with Gasteiger partial charge < -0.3 is 30.1 Å². The number of likely N-dealkylation sites (tertiary alicyclic amines) is 1. The van der Waals surface area contributed by atoms with Crippen LogP contribution in [0.4, 0.5) is 0 Å². The van der Waals surface area contributed by atoms with Crippen molar-refractivity contribution in [2.75, 3.05) is 13.1 Å². The van der Waals surface area contributed by atoms with Crippen LogP contribution in [0.3, 0.4) is 0 Å². The van der Waals surface area contributed by atoms with Gasteiger partial charge in [0, 0.05) is 38.4 Å². The lowest BCUT2D eigenvalue weighted by Crippen LogP contribution is -2.55. The Hall–Kier alpha value is -2.58. The lowest BCUT2D eigenvalue weighted by atomic mass is 9.80. The SMILES string of the molecule is O=C(/C=C/c1ccc(O)c(O)c1)O[C@H]1C[C@H](O)C[C@@](O)(C(=O)N2CCCC2)C1. The molecule has 0 aromatic heterocycles. The number of esters is 1. The third-order valence-electron chi connectivity index (χ3n) is 5.16. The molecule has 8 nitrogen and oxygen atoms in total. The van der Waals surface area contributed by atoms with Crippen molar-refractivity contribution in [2.24, 2.45) is 0 Å². The molecule has 1 aromatic carbocycles. The molecule has 1 amide bonds. The number of amides is 1. The summed E-state index contributed by atoms with van der Waals surface area (Å²) in [7, 11) is 0. The van der Waals surface area contributed by atoms with Gasteiger partial charge in [-0.15, -0.1) is 0 Å². The number of phenols is 2. The molecule has 1 aromatic rings. The molecule has 0 unspecified atom stereocenters. The first-order chi connectivity index (χ1) is 13.3. The molecule has 1 aliphatic carbocycles. The first-order valence-corrected chi connectivity index (χ1v) is 9.37. The largest absolute Gasteiger partial charge is 0.504 e. The zero-order valence-electron chi connectivity index (χ0n) is 15.5. The number of carbonyl (C=O) groups excluding carboxylic acids is 2. The van der Waals surface area contributed by atoms with Crippen molar-refractivity contribution < 1.29 is 34.8 Å². The zero-order valence-corrected chi connectivity index (χ0v) is 15.5. The molecule has 28 heavy (non-hydrogen) atoms. The molecule has 1 heterocycles. The number of carbonyl (C=O) groups is 2. The normalized spacial score (nSPS) is 27.9. The van der Waals surface area contributed by atoms with Crippen molar-refractivity contribution >= 4 is 18.0 Å². The number of ether oxygens (including phenoxy) is 1. The predicted molar refractivity (Wildman–Crippen MR) is 99.3 cm³/mol. The molecule has 2 fully saturated rings. The van der Waals surface area contributed by atoms with Gasteiger partial charge in [-0.05, 0) is 36.6 Å². The second-order valence-corrected chi connectivity index (χ2v) is 7.47. The van der Waals surface area contributed by atoms with E-state index in [2.05, 4.69) is 0 Å². The van der Waals surface area contributed by atoms with Gasteiger partial charge in [-0.25, -0.2) is 4.79 Å². The van der Waals surface area contributed by atoms with Crippen LogP contribution >= 0.6 is 0 Å². The smallest absolute Gasteiger partial charge is 0.331 e. The number of aliphatic hydroxyl groups excluding tert-OH is 1. The van der Waals surface area contributed by atoms with Crippen molar-refractivity contribution in [3.8, 4) is 11.5 Å². The predicted octanol–water partition coefficient (Wildman–Crippen LogP) is 0.921. The summed E-state index contributed by atoms with van der Waals surface area (Å²) >= 11 is 0. The van der Waals surface area contributed by atoms with Gasteiger partial charge in [-0.3, -0.25) is 4.79 Å². The van der Waals surface area contributed by atoms with Crippen LogP contribution in [0.1, 0.15) is 37.7 Å². The summed E-state index contributed by atoms with van der Waals surface area (Å²) in [6, 6.07) is 4.09. The number of phenolic OH excluding ortho intramolecular Hbond substituents is 2. The minimum atomic E-state index is -1.74. The van der Waals surface area contributed by atoms with Crippen LogP contribution in [-0.4, -0.2) is 68.1 Å². The van der Waals surface area contributed by atoms with Gasteiger partial charge in [-0.1, -0.05) is 6.07 Å². The van der Waals surface area contributed by atoms with Crippen molar-refractivity contribution in [3.05, 3.63) is 29.8 Å². The molecule has 8 heteroatoms. The molecule has 4 N–H and O–H groups in total. The van der Waals surface area contributed by atoms with E-state index < -0.39 is 29.7 Å². The third-order valence-corrected chi connectivity index (χ3v) is 5.16. The summed E-state index contributed by atoms with van der Waals surface area (Å²) in [6.45, 7) is 1.17. The minimum Gasteiger partial charge on any atom is -0.504 e. The first-order valence-electron chi connectivity index (χ1n) is 9.37. The number of nitrogens with zero attached hydrogens (tertiary/aromatic N) is 1. The third kappa shape index (κ3) is 4.63. The van der Waals surface area contributed by atoms with Gasteiger partial charge in [-0.2, -0.15) is 0 Å². The molecule has 3 rings (SSSR count). The lowest BCUT2D eigenvalue weighted by molar-refractivity contribution is -0.172. The fourth-order valence-electron chi connectivity index (χ4n) is 3.81. The quantitative estimate of drug-likeness (QED) is 0.341. The van der Waals surface area contributed by atoms with E-state index in [4.69, 9.17) is 4.74 Å². The maximum Gasteiger partial charge on any atom is 0.331 e. The Morgan fingerprint density at radius 2 is 1.86 bits per heavy atom. The highest BCUT2D eigenvalue weighted by Crippen LogP contribution is 2.33. The molecule has 152 valence electrons. The van der Waals surface area contributed by atoms with E-state index in [9.17, 15) is 30.0 Å². The average molecular weight is 391 g/mol. The summed E-state index contributed by atoms with van der Waals surface area (Å²) < 4.78 is 5.32. The van der Waals surface area contributed by atoms with E-state index in [1.54, 1.807) is 4.90 Å². The molecular formula is C20H25NO7. The Morgan fingerprint density at radius 1 is 1.14 bits per heavy atom. The molecule has 0 radical (unpaired) electrons. The summed E-state index contributed by atoms with van der Waals surface area (Å²) in [5.74, 6) is -1.68. The van der Waals surface area contributed by atoms with Gasteiger partial charge >= 0.3 is 5.97 Å². The number of aromatic hydroxyl groups is 2. The van der Waals surface area contributed by atoms with Gasteiger partial charge in [0.2, 0.25) is 0 Å². The topological polar surface area (TPSA) is 128 Å². The van der Waals surface area contributed by atoms with Crippen molar-refractivity contribution in [1.29, 1.82) is 0 Å². The molecule has 1 saturated carbocycles. The molecule has 1 aliphatic heterocycles. The molecule has 0 bridgehead atoms. The summed E-state index contributed by atoms with van der Waals surface area (Å²) in [5, 5.41) is 39.7. The molecule has 1 saturated heterocycles. The second kappa shape index (κ2) is 8.20. The highest BCUT2D eigenvalue weighted by molar-refractivity contribution is 5.88. The maximum absolute atomic E-state index is 12.6. The van der Waals surface area contributed by atoms with Gasteiger partial charge in [0.15, 0.2) is 11.5 Å². The maximum atomic E-state index is 12.6. The van der Waals surface area contributed by atoms with Crippen LogP contribution in [-0.2, 0) is 14.3 Å². The zero-order chi connectivity index (χ0) is 20.3. The van der Waals surface area contributed by atoms with Gasteiger partial charge in [0.1, 0.15) is 11.7 Å². The minimum absolute atomic E-state index is 0.0566. The van der Waals surface area contributed by atoms with Gasteiger partial charge in [0.25, 0.3) is 5.91 Å². The van der Waals surface area contributed by atoms with Crippen LogP contribution in [0.25, 0.3) is 6.08 Å². The van der Waals surface area contributed by atoms with E-state index in [0.717, 1.165) is 18.9 Å². The van der Waals surface area contributed by atoms with Gasteiger partial charge in [0.05, 0.1) is 6.10 Å². The highest BCUT2D eigenvalue weighted by atomic mass is 16.5. The Bertz CT molecular complexity index is 772. The number of hydrogen-bond acceptors (Lipinski definition) is 7. The van der Waals surface area contributed by atoms with E-state index in [1.165, 1.54) is 24.3 Å². The summed E-state index contributed by atoms with van der Waals surface area (Å²) in [5.41, 5.74) is -1.25. The Morgan fingerprint density at radius 3 is 2.54 bits per heavy atom. The monoisotopic (exact) mass is 391 g/mol. The molecule has 2 aliphatic rings. The number of hydrogen-bond donors (Lipinski definition) is 4. The number of rotatable bonds is 4. The number of benzene rings is 1. The highest BCUT2D eigenvalue weighted by Gasteiger charge is 2.47. The van der Waals surface area contributed by atoms with E-state index >= 15 is 0 Å². The second-order valence-electron chi connectivity index (χ2n) is 7.47. The van der Waals surface area contributed by atoms with Crippen LogP contribution in [0.5, 0.6) is 11.5 Å². The summed E-state index contributed by atoms with van der Waals surface area (Å²) in [4.78, 5) is 26.3. The fourth-order valence-corrected chi connectivity index (χ4v) is 3.81.